The van der Waals surface area contributed by atoms with Crippen molar-refractivity contribution in [3.8, 4) is 11.8 Å². The monoisotopic (exact) mass is 430 g/mol. The Bertz CT molecular complexity index is 889. The van der Waals surface area contributed by atoms with Crippen molar-refractivity contribution in [1.82, 2.24) is 14.9 Å². The number of fused-ring (bicyclic) bond motifs is 1. The third-order valence-corrected chi connectivity index (χ3v) is 7.08. The minimum atomic E-state index is -1.48. The molecule has 1 N–H and O–H groups in total. The van der Waals surface area contributed by atoms with E-state index in [1.807, 2.05) is 25.1 Å². The van der Waals surface area contributed by atoms with Crippen LogP contribution >= 0.6 is 0 Å². The van der Waals surface area contributed by atoms with Crippen molar-refractivity contribution in [3.05, 3.63) is 35.2 Å². The van der Waals surface area contributed by atoms with E-state index >= 15 is 0 Å². The van der Waals surface area contributed by atoms with E-state index in [1.165, 1.54) is 18.4 Å². The molecule has 2 aromatic rings. The molecule has 0 aromatic carbocycles. The standard InChI is InChI=1S/C22H30N4O3S/c1-15-20(8-9-21(23-15)29-17-6-4-5-7-17)30(27)25-19-14-16-10-12-26(2)13-11-18(16)24-22(19)28-3/h8-9,14,17,25H,4-7,10-13H2,1-3H3. The van der Waals surface area contributed by atoms with Gasteiger partial charge < -0.3 is 18.9 Å². The van der Waals surface area contributed by atoms with Crippen LogP contribution in [-0.2, 0) is 24.2 Å². The molecule has 1 fully saturated rings. The fourth-order valence-electron chi connectivity index (χ4n) is 4.07. The number of methoxy groups -OCH3 is 1. The van der Waals surface area contributed by atoms with E-state index in [4.69, 9.17) is 9.47 Å². The zero-order valence-corrected chi connectivity index (χ0v) is 18.8. The molecule has 4 rings (SSSR count). The lowest BCUT2D eigenvalue weighted by atomic mass is 10.1. The molecule has 0 spiro atoms. The predicted octanol–water partition coefficient (Wildman–Crippen LogP) is 3.28. The van der Waals surface area contributed by atoms with Crippen LogP contribution in [0.3, 0.4) is 0 Å². The summed E-state index contributed by atoms with van der Waals surface area (Å²) in [6.45, 7) is 3.82. The molecule has 0 saturated heterocycles. The fraction of sp³-hybridized carbons (Fsp3) is 0.545. The van der Waals surface area contributed by atoms with Crippen LogP contribution in [0.25, 0.3) is 0 Å². The van der Waals surface area contributed by atoms with Crippen LogP contribution in [0.15, 0.2) is 23.1 Å². The normalized spacial score (nSPS) is 18.5. The molecule has 2 aromatic heterocycles. The zero-order chi connectivity index (χ0) is 21.1. The Hall–Kier alpha value is -2.03. The predicted molar refractivity (Wildman–Crippen MR) is 118 cm³/mol. The van der Waals surface area contributed by atoms with E-state index in [0.29, 0.717) is 28.0 Å². The fourth-order valence-corrected chi connectivity index (χ4v) is 5.04. The van der Waals surface area contributed by atoms with Crippen LogP contribution in [0.4, 0.5) is 5.69 Å². The maximum absolute atomic E-state index is 13.1. The summed E-state index contributed by atoms with van der Waals surface area (Å²) in [4.78, 5) is 12.1. The molecule has 30 heavy (non-hydrogen) atoms. The molecule has 162 valence electrons. The molecule has 0 bridgehead atoms. The van der Waals surface area contributed by atoms with Crippen LogP contribution in [0.1, 0.15) is 42.6 Å². The topological polar surface area (TPSA) is 82.6 Å². The summed E-state index contributed by atoms with van der Waals surface area (Å²) in [5.41, 5.74) is 3.57. The van der Waals surface area contributed by atoms with Crippen LogP contribution < -0.4 is 14.2 Å². The first kappa shape index (κ1) is 21.2. The highest BCUT2D eigenvalue weighted by atomic mass is 32.2. The molecule has 1 unspecified atom stereocenters. The van der Waals surface area contributed by atoms with Crippen molar-refractivity contribution >= 4 is 17.0 Å². The Labute approximate surface area is 181 Å². The van der Waals surface area contributed by atoms with E-state index in [1.54, 1.807) is 7.11 Å². The van der Waals surface area contributed by atoms with Gasteiger partial charge in [-0.15, -0.1) is 0 Å². The van der Waals surface area contributed by atoms with E-state index in [-0.39, 0.29) is 6.10 Å². The molecule has 1 saturated carbocycles. The second kappa shape index (κ2) is 9.41. The Morgan fingerprint density at radius 1 is 1.17 bits per heavy atom. The van der Waals surface area contributed by atoms with Gasteiger partial charge in [0.05, 0.1) is 12.8 Å². The highest BCUT2D eigenvalue weighted by Crippen LogP contribution is 2.30. The number of likely N-dealkylation sites (N-methyl/N-ethyl adjacent to an activating group) is 1. The Balaban J connectivity index is 1.51. The van der Waals surface area contributed by atoms with Gasteiger partial charge in [-0.2, -0.15) is 4.72 Å². The number of anilines is 1. The first-order chi connectivity index (χ1) is 14.5. The second-order valence-corrected chi connectivity index (χ2v) is 9.26. The number of aryl methyl sites for hydroxylation is 1. The van der Waals surface area contributed by atoms with Gasteiger partial charge in [0, 0.05) is 37.3 Å². The van der Waals surface area contributed by atoms with E-state index in [2.05, 4.69) is 26.6 Å². The third kappa shape index (κ3) is 4.82. The van der Waals surface area contributed by atoms with Gasteiger partial charge in [0.25, 0.3) is 0 Å². The summed E-state index contributed by atoms with van der Waals surface area (Å²) in [6.07, 6.45) is 6.63. The van der Waals surface area contributed by atoms with Gasteiger partial charge in [0.2, 0.25) is 16.7 Å². The first-order valence-corrected chi connectivity index (χ1v) is 11.8. The number of hydrogen-bond donors (Lipinski definition) is 1. The lowest BCUT2D eigenvalue weighted by Crippen LogP contribution is -2.20. The van der Waals surface area contributed by atoms with Gasteiger partial charge in [0.15, 0.2) is 0 Å². The summed E-state index contributed by atoms with van der Waals surface area (Å²) < 4.78 is 27.6. The molecule has 0 amide bonds. The van der Waals surface area contributed by atoms with Crippen LogP contribution in [0.2, 0.25) is 0 Å². The maximum atomic E-state index is 13.1. The summed E-state index contributed by atoms with van der Waals surface area (Å²) >= 11 is -1.48. The number of rotatable bonds is 6. The van der Waals surface area contributed by atoms with Crippen molar-refractivity contribution in [2.45, 2.75) is 56.4 Å². The van der Waals surface area contributed by atoms with Crippen molar-refractivity contribution in [3.63, 3.8) is 0 Å². The SMILES string of the molecule is COc1nc2c(cc1N[S+]([O-])c1ccc(OC3CCCC3)nc1C)CCN(C)CC2. The average molecular weight is 431 g/mol. The van der Waals surface area contributed by atoms with Crippen LogP contribution in [-0.4, -0.2) is 52.8 Å². The Morgan fingerprint density at radius 3 is 2.67 bits per heavy atom. The number of ether oxygens (including phenoxy) is 2. The smallest absolute Gasteiger partial charge is 0.241 e. The molecule has 0 radical (unpaired) electrons. The van der Waals surface area contributed by atoms with Crippen LogP contribution in [0.5, 0.6) is 11.8 Å². The molecule has 1 aliphatic carbocycles. The molecular formula is C22H30N4O3S. The van der Waals surface area contributed by atoms with Crippen molar-refractivity contribution in [2.75, 3.05) is 32.0 Å². The van der Waals surface area contributed by atoms with E-state index < -0.39 is 11.4 Å². The maximum Gasteiger partial charge on any atom is 0.241 e. The second-order valence-electron chi connectivity index (χ2n) is 8.08. The lowest BCUT2D eigenvalue weighted by molar-refractivity contribution is 0.201. The summed E-state index contributed by atoms with van der Waals surface area (Å²) in [5, 5.41) is 0. The average Bonchev–Trinajstić information content (AvgIpc) is 3.17. The van der Waals surface area contributed by atoms with Gasteiger partial charge in [-0.3, -0.25) is 0 Å². The summed E-state index contributed by atoms with van der Waals surface area (Å²) in [6, 6.07) is 5.66. The van der Waals surface area contributed by atoms with E-state index in [0.717, 1.165) is 44.5 Å². The minimum Gasteiger partial charge on any atom is -0.588 e. The van der Waals surface area contributed by atoms with Crippen LogP contribution in [0, 0.1) is 6.92 Å². The molecule has 7 nitrogen and oxygen atoms in total. The highest BCUT2D eigenvalue weighted by Gasteiger charge is 2.23. The quantitative estimate of drug-likeness (QED) is 0.704. The summed E-state index contributed by atoms with van der Waals surface area (Å²) in [5.74, 6) is 1.08. The molecule has 8 heteroatoms. The zero-order valence-electron chi connectivity index (χ0n) is 17.9. The third-order valence-electron chi connectivity index (χ3n) is 5.85. The van der Waals surface area contributed by atoms with Gasteiger partial charge >= 0.3 is 0 Å². The number of pyridine rings is 2. The largest absolute Gasteiger partial charge is 0.588 e. The molecule has 2 aliphatic rings. The number of nitrogens with zero attached hydrogens (tertiary/aromatic N) is 3. The first-order valence-electron chi connectivity index (χ1n) is 10.6. The van der Waals surface area contributed by atoms with Gasteiger partial charge in [-0.1, -0.05) is 0 Å². The highest BCUT2D eigenvalue weighted by molar-refractivity contribution is 7.92. The van der Waals surface area contributed by atoms with E-state index in [9.17, 15) is 4.55 Å². The van der Waals surface area contributed by atoms with Crippen molar-refractivity contribution in [2.24, 2.45) is 0 Å². The summed E-state index contributed by atoms with van der Waals surface area (Å²) in [7, 11) is 3.71. The molecular weight excluding hydrogens is 400 g/mol. The number of aromatic nitrogens is 2. The molecule has 1 aliphatic heterocycles. The molecule has 3 heterocycles. The van der Waals surface area contributed by atoms with Gasteiger partial charge in [-0.05, 0) is 57.7 Å². The van der Waals surface area contributed by atoms with Crippen molar-refractivity contribution in [1.29, 1.82) is 0 Å². The number of hydrogen-bond acceptors (Lipinski definition) is 7. The lowest BCUT2D eigenvalue weighted by Gasteiger charge is -2.17. The Morgan fingerprint density at radius 2 is 1.93 bits per heavy atom. The van der Waals surface area contributed by atoms with Gasteiger partial charge in [0.1, 0.15) is 23.2 Å². The molecule has 1 atom stereocenters. The van der Waals surface area contributed by atoms with Gasteiger partial charge in [-0.25, -0.2) is 9.97 Å². The minimum absolute atomic E-state index is 0.250. The Kier molecular flexibility index (Phi) is 6.65. The number of nitrogens with one attached hydrogen (secondary N) is 1. The van der Waals surface area contributed by atoms with Crippen molar-refractivity contribution < 1.29 is 14.0 Å².